The third-order valence-corrected chi connectivity index (χ3v) is 5.06. The third kappa shape index (κ3) is 7.05. The van der Waals surface area contributed by atoms with E-state index < -0.39 is 17.9 Å². The Morgan fingerprint density at radius 1 is 1.03 bits per heavy atom. The van der Waals surface area contributed by atoms with Gasteiger partial charge in [-0.05, 0) is 74.7 Å². The molecule has 2 aromatic carbocycles. The fourth-order valence-electron chi connectivity index (χ4n) is 3.32. The van der Waals surface area contributed by atoms with E-state index in [-0.39, 0.29) is 11.8 Å². The van der Waals surface area contributed by atoms with E-state index >= 15 is 0 Å². The average Bonchev–Trinajstić information content (AvgIpc) is 2.87. The fraction of sp³-hybridized carbons (Fsp3) is 0.259. The maximum Gasteiger partial charge on any atom is 0.288 e. The van der Waals surface area contributed by atoms with E-state index in [2.05, 4.69) is 21.2 Å². The summed E-state index contributed by atoms with van der Waals surface area (Å²) in [5.41, 5.74) is 8.00. The van der Waals surface area contributed by atoms with Gasteiger partial charge in [-0.2, -0.15) is 0 Å². The van der Waals surface area contributed by atoms with Gasteiger partial charge < -0.3 is 20.2 Å². The van der Waals surface area contributed by atoms with Gasteiger partial charge in [-0.3, -0.25) is 25.4 Å². The topological polar surface area (TPSA) is 125 Å². The van der Waals surface area contributed by atoms with Crippen LogP contribution in [0.5, 0.6) is 11.5 Å². The number of carbonyl (C=O) groups excluding carboxylic acids is 2. The van der Waals surface area contributed by atoms with Crippen molar-refractivity contribution in [2.45, 2.75) is 39.8 Å². The van der Waals surface area contributed by atoms with Crippen LogP contribution in [0.25, 0.3) is 0 Å². The van der Waals surface area contributed by atoms with E-state index in [9.17, 15) is 9.59 Å². The van der Waals surface area contributed by atoms with Crippen LogP contribution in [-0.4, -0.2) is 35.7 Å². The summed E-state index contributed by atoms with van der Waals surface area (Å²) < 4.78 is 11.6. The predicted octanol–water partition coefficient (Wildman–Crippen LogP) is 4.19. The van der Waals surface area contributed by atoms with Crippen molar-refractivity contribution < 1.29 is 19.1 Å². The summed E-state index contributed by atoms with van der Waals surface area (Å²) in [5, 5.41) is 10.6. The number of aromatic nitrogens is 1. The van der Waals surface area contributed by atoms with E-state index in [1.165, 1.54) is 6.21 Å². The third-order valence-electron chi connectivity index (χ3n) is 5.06. The summed E-state index contributed by atoms with van der Waals surface area (Å²) >= 11 is 0. The number of carbonyl (C=O) groups is 2. The Balaban J connectivity index is 1.87. The minimum atomic E-state index is -0.880. The van der Waals surface area contributed by atoms with Crippen molar-refractivity contribution in [2.75, 3.05) is 11.9 Å². The van der Waals surface area contributed by atoms with Crippen molar-refractivity contribution in [3.05, 3.63) is 83.2 Å². The number of hydrogen-bond acceptors (Lipinski definition) is 7. The van der Waals surface area contributed by atoms with Crippen LogP contribution in [0.4, 0.5) is 5.69 Å². The van der Waals surface area contributed by atoms with Crippen LogP contribution in [-0.2, 0) is 4.79 Å². The first-order valence-corrected chi connectivity index (χ1v) is 11.6. The molecule has 3 rings (SSSR count). The average molecular weight is 490 g/mol. The van der Waals surface area contributed by atoms with Crippen LogP contribution in [0.3, 0.4) is 0 Å². The van der Waals surface area contributed by atoms with Crippen LogP contribution in [0, 0.1) is 12.3 Å². The molecule has 0 radical (unpaired) electrons. The number of anilines is 1. The number of nitrogens with one attached hydrogen (secondary N) is 4. The van der Waals surface area contributed by atoms with Crippen LogP contribution < -0.4 is 25.6 Å². The number of nitrogens with zero attached hydrogens (tertiary/aromatic N) is 1. The van der Waals surface area contributed by atoms with Crippen molar-refractivity contribution in [1.29, 1.82) is 5.41 Å². The molecule has 0 spiro atoms. The second kappa shape index (κ2) is 12.3. The van der Waals surface area contributed by atoms with Crippen LogP contribution in [0.2, 0.25) is 0 Å². The molecule has 1 unspecified atom stereocenters. The Bertz CT molecular complexity index is 1190. The minimum absolute atomic E-state index is 0.0507. The van der Waals surface area contributed by atoms with Gasteiger partial charge in [0.1, 0.15) is 11.7 Å². The molecule has 0 aliphatic carbocycles. The van der Waals surface area contributed by atoms with E-state index in [4.69, 9.17) is 14.9 Å². The van der Waals surface area contributed by atoms with Gasteiger partial charge in [0.2, 0.25) is 0 Å². The molecule has 0 bridgehead atoms. The monoisotopic (exact) mass is 489 g/mol. The minimum Gasteiger partial charge on any atom is -0.490 e. The number of hydrazine groups is 1. The van der Waals surface area contributed by atoms with Crippen molar-refractivity contribution in [3.8, 4) is 11.5 Å². The zero-order valence-electron chi connectivity index (χ0n) is 20.8. The molecule has 4 N–H and O–H groups in total. The molecular weight excluding hydrogens is 458 g/mol. The molecule has 9 heteroatoms. The molecule has 1 heterocycles. The molecule has 1 aromatic heterocycles. The maximum absolute atomic E-state index is 13.3. The lowest BCUT2D eigenvalue weighted by molar-refractivity contribution is -0.122. The Morgan fingerprint density at radius 3 is 2.39 bits per heavy atom. The van der Waals surface area contributed by atoms with Gasteiger partial charge in [-0.15, -0.1) is 0 Å². The summed E-state index contributed by atoms with van der Waals surface area (Å²) in [6.45, 7) is 8.01. The van der Waals surface area contributed by atoms with Gasteiger partial charge in [0.05, 0.1) is 12.7 Å². The summed E-state index contributed by atoms with van der Waals surface area (Å²) in [7, 11) is 0. The molecule has 0 saturated carbocycles. The molecule has 2 amide bonds. The first-order chi connectivity index (χ1) is 17.3. The quantitative estimate of drug-likeness (QED) is 0.250. The van der Waals surface area contributed by atoms with Gasteiger partial charge in [0.15, 0.2) is 11.5 Å². The number of benzene rings is 2. The van der Waals surface area contributed by atoms with Crippen LogP contribution in [0.1, 0.15) is 54.0 Å². The van der Waals surface area contributed by atoms with Crippen molar-refractivity contribution in [2.24, 2.45) is 0 Å². The van der Waals surface area contributed by atoms with Crippen molar-refractivity contribution >= 4 is 23.7 Å². The standard InChI is InChI=1S/C27H31N5O4/c1-5-35-24-14-20(9-13-23(24)36-17(2)3)25(30-21-10-7-19(15-28)8-11-21)27(34)32-31-26(33)22-12-6-18(4)16-29-22/h6-17,25,28,30H,5H2,1-4H3,(H,31,33)(H,32,34). The Morgan fingerprint density at radius 2 is 1.78 bits per heavy atom. The van der Waals surface area contributed by atoms with Crippen molar-refractivity contribution in [1.82, 2.24) is 15.8 Å². The SMILES string of the molecule is CCOc1cc(C(Nc2ccc(C=N)cc2)C(=O)NNC(=O)c2ccc(C)cn2)ccc1OC(C)C. The highest BCUT2D eigenvalue weighted by Crippen LogP contribution is 2.32. The lowest BCUT2D eigenvalue weighted by Crippen LogP contribution is -2.45. The predicted molar refractivity (Wildman–Crippen MR) is 139 cm³/mol. The number of aryl methyl sites for hydroxylation is 1. The molecule has 0 aliphatic heterocycles. The van der Waals surface area contributed by atoms with Crippen molar-refractivity contribution in [3.63, 3.8) is 0 Å². The molecule has 9 nitrogen and oxygen atoms in total. The second-order valence-corrected chi connectivity index (χ2v) is 8.31. The largest absolute Gasteiger partial charge is 0.490 e. The summed E-state index contributed by atoms with van der Waals surface area (Å²) in [6.07, 6.45) is 2.77. The first-order valence-electron chi connectivity index (χ1n) is 11.6. The Kier molecular flexibility index (Phi) is 8.99. The fourth-order valence-corrected chi connectivity index (χ4v) is 3.32. The summed E-state index contributed by atoms with van der Waals surface area (Å²) in [4.78, 5) is 29.8. The number of hydrogen-bond donors (Lipinski definition) is 4. The molecule has 36 heavy (non-hydrogen) atoms. The maximum atomic E-state index is 13.3. The highest BCUT2D eigenvalue weighted by atomic mass is 16.5. The number of amides is 2. The van der Waals surface area contributed by atoms with E-state index in [1.807, 2.05) is 27.7 Å². The van der Waals surface area contributed by atoms with E-state index in [0.29, 0.717) is 29.4 Å². The lowest BCUT2D eigenvalue weighted by atomic mass is 10.0. The molecule has 188 valence electrons. The van der Waals surface area contributed by atoms with Gasteiger partial charge in [-0.25, -0.2) is 0 Å². The lowest BCUT2D eigenvalue weighted by Gasteiger charge is -2.22. The Labute approximate surface area is 210 Å². The summed E-state index contributed by atoms with van der Waals surface area (Å²) in [5.74, 6) is 0.0545. The number of pyridine rings is 1. The zero-order valence-corrected chi connectivity index (χ0v) is 20.8. The smallest absolute Gasteiger partial charge is 0.288 e. The Hall–Kier alpha value is -4.40. The molecule has 1 atom stereocenters. The number of ether oxygens (including phenoxy) is 2. The molecule has 0 saturated heterocycles. The van der Waals surface area contributed by atoms with Crippen LogP contribution in [0.15, 0.2) is 60.8 Å². The van der Waals surface area contributed by atoms with Gasteiger partial charge >= 0.3 is 0 Å². The molecular formula is C27H31N5O4. The van der Waals surface area contributed by atoms with Gasteiger partial charge in [0, 0.05) is 18.1 Å². The zero-order chi connectivity index (χ0) is 26.1. The van der Waals surface area contributed by atoms with Crippen LogP contribution >= 0.6 is 0 Å². The van der Waals surface area contributed by atoms with E-state index in [1.54, 1.807) is 60.8 Å². The highest BCUT2D eigenvalue weighted by Gasteiger charge is 2.23. The first kappa shape index (κ1) is 26.2. The molecule has 0 aliphatic rings. The second-order valence-electron chi connectivity index (χ2n) is 8.31. The highest BCUT2D eigenvalue weighted by molar-refractivity contribution is 5.95. The van der Waals surface area contributed by atoms with Gasteiger partial charge in [-0.1, -0.05) is 24.3 Å². The summed E-state index contributed by atoms with van der Waals surface area (Å²) in [6, 6.07) is 14.8. The molecule has 0 fully saturated rings. The normalized spacial score (nSPS) is 11.4. The van der Waals surface area contributed by atoms with E-state index in [0.717, 1.165) is 11.1 Å². The molecule has 3 aromatic rings. The number of rotatable bonds is 10. The van der Waals surface area contributed by atoms with Gasteiger partial charge in [0.25, 0.3) is 11.8 Å².